The van der Waals surface area contributed by atoms with Crippen LogP contribution in [0.15, 0.2) is 34.3 Å². The lowest BCUT2D eigenvalue weighted by atomic mass is 10.2. The molecule has 0 aliphatic heterocycles. The summed E-state index contributed by atoms with van der Waals surface area (Å²) in [6.45, 7) is 1.91. The summed E-state index contributed by atoms with van der Waals surface area (Å²) in [7, 11) is 1.92. The Bertz CT molecular complexity index is 553. The van der Waals surface area contributed by atoms with Crippen LogP contribution in [0, 0.1) is 18.3 Å². The van der Waals surface area contributed by atoms with Crippen LogP contribution in [0.2, 0.25) is 0 Å². The molecule has 0 aliphatic carbocycles. The van der Waals surface area contributed by atoms with Crippen molar-refractivity contribution >= 4 is 11.8 Å². The van der Waals surface area contributed by atoms with Gasteiger partial charge >= 0.3 is 0 Å². The Morgan fingerprint density at radius 2 is 2.19 bits per heavy atom. The van der Waals surface area contributed by atoms with Crippen LogP contribution in [-0.4, -0.2) is 14.8 Å². The normalized spacial score (nSPS) is 10.1. The monoisotopic (exact) mass is 230 g/mol. The van der Waals surface area contributed by atoms with Crippen LogP contribution >= 0.6 is 11.8 Å². The first-order valence-corrected chi connectivity index (χ1v) is 5.56. The molecule has 16 heavy (non-hydrogen) atoms. The van der Waals surface area contributed by atoms with Crippen molar-refractivity contribution in [2.24, 2.45) is 7.05 Å². The Balaban J connectivity index is 2.27. The highest BCUT2D eigenvalue weighted by Crippen LogP contribution is 2.26. The van der Waals surface area contributed by atoms with Gasteiger partial charge in [-0.3, -0.25) is 0 Å². The van der Waals surface area contributed by atoms with E-state index in [4.69, 9.17) is 5.26 Å². The summed E-state index contributed by atoms with van der Waals surface area (Å²) in [4.78, 5) is 0.995. The van der Waals surface area contributed by atoms with Gasteiger partial charge in [0.1, 0.15) is 5.82 Å². The fourth-order valence-electron chi connectivity index (χ4n) is 1.21. The molecule has 80 valence electrons. The summed E-state index contributed by atoms with van der Waals surface area (Å²) in [6.07, 6.45) is 0. The molecule has 0 unspecified atom stereocenters. The number of benzene rings is 1. The van der Waals surface area contributed by atoms with E-state index in [0.29, 0.717) is 5.56 Å². The molecule has 0 atom stereocenters. The Labute approximate surface area is 97.9 Å². The summed E-state index contributed by atoms with van der Waals surface area (Å²) >= 11 is 1.50. The predicted molar refractivity (Wildman–Crippen MR) is 61.0 cm³/mol. The van der Waals surface area contributed by atoms with Gasteiger partial charge in [0, 0.05) is 11.9 Å². The maximum Gasteiger partial charge on any atom is 0.195 e. The molecule has 0 aliphatic rings. The minimum absolute atomic E-state index is 0.656. The van der Waals surface area contributed by atoms with Crippen LogP contribution in [0.1, 0.15) is 11.4 Å². The van der Waals surface area contributed by atoms with E-state index in [-0.39, 0.29) is 0 Å². The maximum atomic E-state index is 8.79. The first-order valence-electron chi connectivity index (χ1n) is 4.74. The van der Waals surface area contributed by atoms with Gasteiger partial charge in [0.2, 0.25) is 0 Å². The van der Waals surface area contributed by atoms with Crippen molar-refractivity contribution in [2.75, 3.05) is 0 Å². The van der Waals surface area contributed by atoms with Gasteiger partial charge in [-0.05, 0) is 36.9 Å². The Hall–Kier alpha value is -1.80. The van der Waals surface area contributed by atoms with Crippen molar-refractivity contribution < 1.29 is 0 Å². The van der Waals surface area contributed by atoms with Gasteiger partial charge in [-0.2, -0.15) is 5.26 Å². The third-order valence-corrected chi connectivity index (χ3v) is 3.25. The Morgan fingerprint density at radius 1 is 1.38 bits per heavy atom. The number of nitriles is 1. The second-order valence-corrected chi connectivity index (χ2v) is 4.37. The van der Waals surface area contributed by atoms with Gasteiger partial charge in [0.25, 0.3) is 0 Å². The number of nitrogens with zero attached hydrogens (tertiary/aromatic N) is 4. The van der Waals surface area contributed by atoms with E-state index in [0.717, 1.165) is 15.9 Å². The van der Waals surface area contributed by atoms with Gasteiger partial charge in [-0.15, -0.1) is 10.2 Å². The van der Waals surface area contributed by atoms with Gasteiger partial charge in [0.15, 0.2) is 5.16 Å². The second kappa shape index (κ2) is 4.37. The molecule has 2 rings (SSSR count). The molecule has 1 aromatic heterocycles. The van der Waals surface area contributed by atoms with E-state index in [1.54, 1.807) is 6.07 Å². The molecular formula is C11H10N4S. The Kier molecular flexibility index (Phi) is 2.93. The molecule has 0 saturated heterocycles. The first-order chi connectivity index (χ1) is 7.70. The van der Waals surface area contributed by atoms with Crippen molar-refractivity contribution in [1.29, 1.82) is 5.26 Å². The Morgan fingerprint density at radius 3 is 2.81 bits per heavy atom. The highest BCUT2D eigenvalue weighted by atomic mass is 32.2. The van der Waals surface area contributed by atoms with Crippen molar-refractivity contribution in [3.8, 4) is 6.07 Å². The number of aromatic nitrogens is 3. The van der Waals surface area contributed by atoms with Crippen LogP contribution in [-0.2, 0) is 7.05 Å². The molecule has 0 fully saturated rings. The lowest BCUT2D eigenvalue weighted by Crippen LogP contribution is -1.93. The maximum absolute atomic E-state index is 8.79. The van der Waals surface area contributed by atoms with Gasteiger partial charge in [-0.1, -0.05) is 6.07 Å². The molecule has 1 heterocycles. The number of aryl methyl sites for hydroxylation is 1. The van der Waals surface area contributed by atoms with Crippen LogP contribution in [0.5, 0.6) is 0 Å². The van der Waals surface area contributed by atoms with Gasteiger partial charge < -0.3 is 4.57 Å². The molecule has 1 aromatic carbocycles. The molecule has 0 saturated carbocycles. The van der Waals surface area contributed by atoms with Crippen molar-refractivity contribution in [3.05, 3.63) is 35.7 Å². The predicted octanol–water partition coefficient (Wildman–Crippen LogP) is 2.15. The minimum Gasteiger partial charge on any atom is -0.309 e. The summed E-state index contributed by atoms with van der Waals surface area (Å²) < 4.78 is 1.92. The molecule has 0 spiro atoms. The van der Waals surface area contributed by atoms with E-state index < -0.39 is 0 Å². The molecule has 0 radical (unpaired) electrons. The van der Waals surface area contributed by atoms with Crippen molar-refractivity contribution in [1.82, 2.24) is 14.8 Å². The quantitative estimate of drug-likeness (QED) is 0.793. The average Bonchev–Trinajstić information content (AvgIpc) is 2.61. The van der Waals surface area contributed by atoms with Crippen LogP contribution in [0.3, 0.4) is 0 Å². The molecule has 0 N–H and O–H groups in total. The summed E-state index contributed by atoms with van der Waals surface area (Å²) in [5, 5.41) is 17.7. The zero-order chi connectivity index (χ0) is 11.5. The van der Waals surface area contributed by atoms with Crippen LogP contribution in [0.25, 0.3) is 0 Å². The van der Waals surface area contributed by atoms with Crippen molar-refractivity contribution in [2.45, 2.75) is 17.0 Å². The average molecular weight is 230 g/mol. The molecular weight excluding hydrogens is 220 g/mol. The summed E-state index contributed by atoms with van der Waals surface area (Å²) in [5.74, 6) is 0.874. The lowest BCUT2D eigenvalue weighted by Gasteiger charge is -2.01. The van der Waals surface area contributed by atoms with Crippen LogP contribution < -0.4 is 0 Å². The van der Waals surface area contributed by atoms with Gasteiger partial charge in [0.05, 0.1) is 11.6 Å². The third-order valence-electron chi connectivity index (χ3n) is 2.22. The molecule has 2 aromatic rings. The van der Waals surface area contributed by atoms with Gasteiger partial charge in [-0.25, -0.2) is 0 Å². The van der Waals surface area contributed by atoms with Crippen LogP contribution in [0.4, 0.5) is 0 Å². The minimum atomic E-state index is 0.656. The fourth-order valence-corrected chi connectivity index (χ4v) is 2.11. The highest BCUT2D eigenvalue weighted by Gasteiger charge is 2.06. The smallest absolute Gasteiger partial charge is 0.195 e. The van der Waals surface area contributed by atoms with E-state index in [1.807, 2.05) is 36.7 Å². The number of rotatable bonds is 2. The zero-order valence-corrected chi connectivity index (χ0v) is 9.82. The standard InChI is InChI=1S/C11H10N4S/c1-8-13-14-11(15(8)2)16-10-5-3-4-9(6-10)7-12/h3-6H,1-2H3. The molecule has 0 bridgehead atoms. The van der Waals surface area contributed by atoms with Crippen molar-refractivity contribution in [3.63, 3.8) is 0 Å². The topological polar surface area (TPSA) is 54.5 Å². The fraction of sp³-hybridized carbons (Fsp3) is 0.182. The first kappa shape index (κ1) is 10.7. The molecule has 4 nitrogen and oxygen atoms in total. The molecule has 5 heteroatoms. The summed E-state index contributed by atoms with van der Waals surface area (Å²) in [5.41, 5.74) is 0.656. The molecule has 0 amide bonds. The van der Waals surface area contributed by atoms with E-state index in [2.05, 4.69) is 16.3 Å². The van der Waals surface area contributed by atoms with E-state index >= 15 is 0 Å². The lowest BCUT2D eigenvalue weighted by molar-refractivity contribution is 0.765. The third kappa shape index (κ3) is 2.07. The SMILES string of the molecule is Cc1nnc(Sc2cccc(C#N)c2)n1C. The largest absolute Gasteiger partial charge is 0.309 e. The summed E-state index contributed by atoms with van der Waals surface area (Å²) in [6, 6.07) is 9.56. The zero-order valence-electron chi connectivity index (χ0n) is 9.01. The number of hydrogen-bond donors (Lipinski definition) is 0. The highest BCUT2D eigenvalue weighted by molar-refractivity contribution is 7.99. The van der Waals surface area contributed by atoms with E-state index in [1.165, 1.54) is 11.8 Å². The second-order valence-electron chi connectivity index (χ2n) is 3.33. The van der Waals surface area contributed by atoms with E-state index in [9.17, 15) is 0 Å². The number of hydrogen-bond acceptors (Lipinski definition) is 4.